The van der Waals surface area contributed by atoms with E-state index in [1.165, 1.54) is 5.56 Å². The highest BCUT2D eigenvalue weighted by Crippen LogP contribution is 2.31. The first-order valence-corrected chi connectivity index (χ1v) is 9.08. The van der Waals surface area contributed by atoms with Crippen molar-refractivity contribution in [3.63, 3.8) is 0 Å². The Hall–Kier alpha value is -2.27. The summed E-state index contributed by atoms with van der Waals surface area (Å²) in [6.45, 7) is 5.69. The van der Waals surface area contributed by atoms with Gasteiger partial charge >= 0.3 is 0 Å². The monoisotopic (exact) mass is 336 g/mol. The third-order valence-corrected chi connectivity index (χ3v) is 5.19. The molecule has 5 heteroatoms. The molecule has 0 radical (unpaired) electrons. The summed E-state index contributed by atoms with van der Waals surface area (Å²) in [7, 11) is 0. The van der Waals surface area contributed by atoms with Crippen molar-refractivity contribution in [2.75, 3.05) is 11.4 Å². The van der Waals surface area contributed by atoms with Gasteiger partial charge in [-0.2, -0.15) is 0 Å². The van der Waals surface area contributed by atoms with Gasteiger partial charge in [0, 0.05) is 17.7 Å². The summed E-state index contributed by atoms with van der Waals surface area (Å²) in [5.74, 6) is 1.79. The van der Waals surface area contributed by atoms with Gasteiger partial charge in [-0.3, -0.25) is 9.69 Å². The second kappa shape index (κ2) is 6.56. The summed E-state index contributed by atoms with van der Waals surface area (Å²) in [6, 6.07) is 8.56. The van der Waals surface area contributed by atoms with Crippen molar-refractivity contribution in [2.45, 2.75) is 52.1 Å². The highest BCUT2D eigenvalue weighted by Gasteiger charge is 2.30. The van der Waals surface area contributed by atoms with E-state index >= 15 is 0 Å². The molecule has 1 aromatic carbocycles. The molecule has 2 aromatic rings. The fourth-order valence-corrected chi connectivity index (χ4v) is 3.70. The zero-order chi connectivity index (χ0) is 17.4. The Kier molecular flexibility index (Phi) is 4.25. The van der Waals surface area contributed by atoms with Gasteiger partial charge in [0.2, 0.25) is 5.91 Å². The molecule has 25 heavy (non-hydrogen) atoms. The van der Waals surface area contributed by atoms with Gasteiger partial charge in [-0.05, 0) is 45.2 Å². The summed E-state index contributed by atoms with van der Waals surface area (Å²) in [4.78, 5) is 24.0. The Morgan fingerprint density at radius 2 is 1.96 bits per heavy atom. The molecule has 0 saturated carbocycles. The van der Waals surface area contributed by atoms with E-state index in [2.05, 4.69) is 36.5 Å². The van der Waals surface area contributed by atoms with Crippen molar-refractivity contribution >= 4 is 11.7 Å². The SMILES string of the molecule is Cc1ccc(CN2C(=O)CCc3c(C)nc([C@H]4CCCN4)nc32)cc1. The van der Waals surface area contributed by atoms with E-state index in [4.69, 9.17) is 9.97 Å². The Balaban J connectivity index is 1.71. The molecule has 1 N–H and O–H groups in total. The fraction of sp³-hybridized carbons (Fsp3) is 0.450. The summed E-state index contributed by atoms with van der Waals surface area (Å²) in [6.07, 6.45) is 3.48. The van der Waals surface area contributed by atoms with Crippen LogP contribution in [0.1, 0.15) is 53.5 Å². The molecule has 0 bridgehead atoms. The Morgan fingerprint density at radius 1 is 1.16 bits per heavy atom. The molecule has 5 nitrogen and oxygen atoms in total. The normalized spacial score (nSPS) is 20.0. The maximum atomic E-state index is 12.6. The predicted molar refractivity (Wildman–Crippen MR) is 97.4 cm³/mol. The van der Waals surface area contributed by atoms with E-state index in [0.29, 0.717) is 13.0 Å². The number of nitrogens with zero attached hydrogens (tertiary/aromatic N) is 3. The number of carbonyl (C=O) groups excluding carboxylic acids is 1. The summed E-state index contributed by atoms with van der Waals surface area (Å²) in [5.41, 5.74) is 4.48. The van der Waals surface area contributed by atoms with Crippen LogP contribution in [-0.2, 0) is 17.8 Å². The van der Waals surface area contributed by atoms with Gasteiger partial charge in [0.15, 0.2) is 0 Å². The van der Waals surface area contributed by atoms with Crippen molar-refractivity contribution in [3.8, 4) is 0 Å². The lowest BCUT2D eigenvalue weighted by Crippen LogP contribution is -2.36. The smallest absolute Gasteiger partial charge is 0.228 e. The van der Waals surface area contributed by atoms with E-state index in [1.54, 1.807) is 0 Å². The summed E-state index contributed by atoms with van der Waals surface area (Å²) in [5, 5.41) is 3.46. The number of hydrogen-bond acceptors (Lipinski definition) is 4. The van der Waals surface area contributed by atoms with Gasteiger partial charge in [0.1, 0.15) is 11.6 Å². The second-order valence-corrected chi connectivity index (χ2v) is 7.08. The fourth-order valence-electron chi connectivity index (χ4n) is 3.70. The topological polar surface area (TPSA) is 58.1 Å². The van der Waals surface area contributed by atoms with Gasteiger partial charge in [0.05, 0.1) is 12.6 Å². The molecule has 0 spiro atoms. The van der Waals surface area contributed by atoms with Crippen LogP contribution < -0.4 is 10.2 Å². The van der Waals surface area contributed by atoms with Crippen LogP contribution in [0.25, 0.3) is 0 Å². The lowest BCUT2D eigenvalue weighted by molar-refractivity contribution is -0.119. The lowest BCUT2D eigenvalue weighted by atomic mass is 10.0. The van der Waals surface area contributed by atoms with Gasteiger partial charge in [-0.25, -0.2) is 9.97 Å². The molecule has 130 valence electrons. The van der Waals surface area contributed by atoms with Gasteiger partial charge in [-0.1, -0.05) is 29.8 Å². The van der Waals surface area contributed by atoms with E-state index < -0.39 is 0 Å². The molecule has 1 aromatic heterocycles. The van der Waals surface area contributed by atoms with E-state index in [1.807, 2.05) is 11.8 Å². The number of anilines is 1. The Morgan fingerprint density at radius 3 is 2.68 bits per heavy atom. The number of aromatic nitrogens is 2. The van der Waals surface area contributed by atoms with Crippen LogP contribution >= 0.6 is 0 Å². The van der Waals surface area contributed by atoms with Crippen molar-refractivity contribution in [1.82, 2.24) is 15.3 Å². The van der Waals surface area contributed by atoms with E-state index in [-0.39, 0.29) is 11.9 Å². The maximum absolute atomic E-state index is 12.6. The molecule has 1 saturated heterocycles. The molecule has 4 rings (SSSR count). The van der Waals surface area contributed by atoms with E-state index in [9.17, 15) is 4.79 Å². The van der Waals surface area contributed by atoms with Crippen LogP contribution in [0.15, 0.2) is 24.3 Å². The third kappa shape index (κ3) is 3.16. The predicted octanol–water partition coefficient (Wildman–Crippen LogP) is 3.00. The van der Waals surface area contributed by atoms with Crippen LogP contribution in [-0.4, -0.2) is 22.4 Å². The number of rotatable bonds is 3. The molecular formula is C20H24N4O. The number of nitrogens with one attached hydrogen (secondary N) is 1. The first kappa shape index (κ1) is 16.2. The first-order chi connectivity index (χ1) is 12.1. The molecule has 2 aliphatic rings. The zero-order valence-electron chi connectivity index (χ0n) is 14.9. The highest BCUT2D eigenvalue weighted by atomic mass is 16.2. The van der Waals surface area contributed by atoms with Crippen LogP contribution in [0.5, 0.6) is 0 Å². The average Bonchev–Trinajstić information content (AvgIpc) is 3.14. The van der Waals surface area contributed by atoms with Crippen LogP contribution in [0.3, 0.4) is 0 Å². The van der Waals surface area contributed by atoms with Gasteiger partial charge in [0.25, 0.3) is 0 Å². The van der Waals surface area contributed by atoms with Crippen LogP contribution in [0.2, 0.25) is 0 Å². The highest BCUT2D eigenvalue weighted by molar-refractivity contribution is 5.95. The maximum Gasteiger partial charge on any atom is 0.228 e. The zero-order valence-corrected chi connectivity index (χ0v) is 14.9. The number of benzene rings is 1. The van der Waals surface area contributed by atoms with Crippen molar-refractivity contribution < 1.29 is 4.79 Å². The van der Waals surface area contributed by atoms with Gasteiger partial charge in [-0.15, -0.1) is 0 Å². The van der Waals surface area contributed by atoms with Crippen LogP contribution in [0, 0.1) is 13.8 Å². The number of hydrogen-bond donors (Lipinski definition) is 1. The quantitative estimate of drug-likeness (QED) is 0.936. The van der Waals surface area contributed by atoms with Crippen molar-refractivity contribution in [2.24, 2.45) is 0 Å². The Bertz CT molecular complexity index is 794. The average molecular weight is 336 g/mol. The summed E-state index contributed by atoms with van der Waals surface area (Å²) < 4.78 is 0. The lowest BCUT2D eigenvalue weighted by Gasteiger charge is -2.30. The molecule has 3 heterocycles. The molecule has 1 atom stereocenters. The number of amides is 1. The minimum Gasteiger partial charge on any atom is -0.307 e. The molecule has 0 aliphatic carbocycles. The molecule has 0 unspecified atom stereocenters. The molecular weight excluding hydrogens is 312 g/mol. The molecule has 2 aliphatic heterocycles. The van der Waals surface area contributed by atoms with Crippen molar-refractivity contribution in [1.29, 1.82) is 0 Å². The number of carbonyl (C=O) groups is 1. The number of fused-ring (bicyclic) bond motifs is 1. The molecule has 1 amide bonds. The number of aryl methyl sites for hydroxylation is 2. The van der Waals surface area contributed by atoms with Crippen molar-refractivity contribution in [3.05, 3.63) is 52.5 Å². The second-order valence-electron chi connectivity index (χ2n) is 7.08. The third-order valence-electron chi connectivity index (χ3n) is 5.19. The molecule has 1 fully saturated rings. The standard InChI is InChI=1S/C20H24N4O/c1-13-5-7-15(8-6-13)12-24-18(25)10-9-16-14(2)22-19(23-20(16)24)17-4-3-11-21-17/h5-8,17,21H,3-4,9-12H2,1-2H3/t17-/m1/s1. The van der Waals surface area contributed by atoms with Crippen LogP contribution in [0.4, 0.5) is 5.82 Å². The largest absolute Gasteiger partial charge is 0.307 e. The van der Waals surface area contributed by atoms with Gasteiger partial charge < -0.3 is 5.32 Å². The minimum absolute atomic E-state index is 0.150. The minimum atomic E-state index is 0.150. The Labute approximate surface area is 148 Å². The summed E-state index contributed by atoms with van der Waals surface area (Å²) >= 11 is 0. The van der Waals surface area contributed by atoms with E-state index in [0.717, 1.165) is 54.3 Å². The first-order valence-electron chi connectivity index (χ1n) is 9.08.